The van der Waals surface area contributed by atoms with Gasteiger partial charge in [0.1, 0.15) is 0 Å². The van der Waals surface area contributed by atoms with Crippen molar-refractivity contribution in [1.82, 2.24) is 15.0 Å². The zero-order valence-corrected chi connectivity index (χ0v) is 10.8. The molecule has 6 heteroatoms. The first-order chi connectivity index (χ1) is 8.20. The molecule has 0 unspecified atom stereocenters. The highest BCUT2D eigenvalue weighted by Gasteiger charge is 2.16. The molecule has 0 aromatic carbocycles. The van der Waals surface area contributed by atoms with Gasteiger partial charge in [0.2, 0.25) is 17.8 Å². The molecule has 94 valence electrons. The molecule has 2 heterocycles. The minimum atomic E-state index is 0.629. The van der Waals surface area contributed by atoms with Crippen molar-refractivity contribution < 1.29 is 0 Å². The highest BCUT2D eigenvalue weighted by atomic mass is 15.3. The Morgan fingerprint density at radius 2 is 1.76 bits per heavy atom. The van der Waals surface area contributed by atoms with E-state index >= 15 is 0 Å². The van der Waals surface area contributed by atoms with E-state index < -0.39 is 0 Å². The molecule has 1 N–H and O–H groups in total. The van der Waals surface area contributed by atoms with E-state index in [0.717, 1.165) is 19.0 Å². The largest absolute Gasteiger partial charge is 0.357 e. The van der Waals surface area contributed by atoms with Gasteiger partial charge in [-0.15, -0.1) is 0 Å². The first-order valence-corrected chi connectivity index (χ1v) is 6.07. The molecule has 0 spiro atoms. The Bertz CT molecular complexity index is 372. The number of anilines is 3. The zero-order valence-electron chi connectivity index (χ0n) is 10.8. The molecule has 0 atom stereocenters. The topological polar surface area (TPSA) is 57.2 Å². The lowest BCUT2D eigenvalue weighted by Gasteiger charge is -2.27. The highest BCUT2D eigenvalue weighted by molar-refractivity contribution is 5.44. The summed E-state index contributed by atoms with van der Waals surface area (Å²) >= 11 is 0. The minimum Gasteiger partial charge on any atom is -0.357 e. The van der Waals surface area contributed by atoms with Gasteiger partial charge in [-0.2, -0.15) is 15.0 Å². The maximum atomic E-state index is 4.49. The predicted molar refractivity (Wildman–Crippen MR) is 69.8 cm³/mol. The number of nitrogens with one attached hydrogen (secondary N) is 1. The summed E-state index contributed by atoms with van der Waals surface area (Å²) < 4.78 is 0. The van der Waals surface area contributed by atoms with E-state index in [9.17, 15) is 0 Å². The average molecular weight is 236 g/mol. The number of piperidine rings is 1. The van der Waals surface area contributed by atoms with Crippen LogP contribution >= 0.6 is 0 Å². The third-order valence-electron chi connectivity index (χ3n) is 2.87. The van der Waals surface area contributed by atoms with Crippen molar-refractivity contribution in [2.75, 3.05) is 49.3 Å². The summed E-state index contributed by atoms with van der Waals surface area (Å²) in [6.45, 7) is 2.08. The van der Waals surface area contributed by atoms with Crippen molar-refractivity contribution in [2.24, 2.45) is 0 Å². The van der Waals surface area contributed by atoms with Gasteiger partial charge in [-0.05, 0) is 19.3 Å². The smallest absolute Gasteiger partial charge is 0.231 e. The zero-order chi connectivity index (χ0) is 12.3. The Kier molecular flexibility index (Phi) is 3.61. The molecule has 1 aromatic rings. The van der Waals surface area contributed by atoms with Gasteiger partial charge in [0.15, 0.2) is 0 Å². The second-order valence-electron chi connectivity index (χ2n) is 4.45. The first kappa shape index (κ1) is 11.9. The fraction of sp³-hybridized carbons (Fsp3) is 0.727. The fourth-order valence-corrected chi connectivity index (χ4v) is 1.90. The molecule has 0 saturated carbocycles. The van der Waals surface area contributed by atoms with Gasteiger partial charge in [-0.3, -0.25) is 0 Å². The van der Waals surface area contributed by atoms with E-state index in [1.807, 2.05) is 26.0 Å². The standard InChI is InChI=1S/C11H20N6/c1-12-9-13-10(16(2)3)15-11(14-9)17-7-5-4-6-8-17/h4-8H2,1-3H3,(H,12,13,14,15). The van der Waals surface area contributed by atoms with Crippen molar-refractivity contribution in [1.29, 1.82) is 0 Å². The van der Waals surface area contributed by atoms with Crippen LogP contribution in [0.3, 0.4) is 0 Å². The lowest BCUT2D eigenvalue weighted by molar-refractivity contribution is 0.567. The maximum Gasteiger partial charge on any atom is 0.231 e. The Hall–Kier alpha value is -1.59. The third-order valence-corrected chi connectivity index (χ3v) is 2.87. The van der Waals surface area contributed by atoms with E-state index in [1.54, 1.807) is 0 Å². The molecular formula is C11H20N6. The van der Waals surface area contributed by atoms with Crippen LogP contribution in [0.15, 0.2) is 0 Å². The van der Waals surface area contributed by atoms with Crippen LogP contribution in [0.2, 0.25) is 0 Å². The number of hydrogen-bond donors (Lipinski definition) is 1. The molecule has 1 aliphatic rings. The van der Waals surface area contributed by atoms with Gasteiger partial charge in [-0.25, -0.2) is 0 Å². The molecule has 0 aliphatic carbocycles. The molecule has 2 rings (SSSR count). The van der Waals surface area contributed by atoms with Crippen LogP contribution in [0.4, 0.5) is 17.8 Å². The first-order valence-electron chi connectivity index (χ1n) is 6.07. The molecule has 0 bridgehead atoms. The van der Waals surface area contributed by atoms with E-state index in [2.05, 4.69) is 25.2 Å². The number of rotatable bonds is 3. The summed E-state index contributed by atoms with van der Waals surface area (Å²) in [6.07, 6.45) is 3.75. The van der Waals surface area contributed by atoms with E-state index in [4.69, 9.17) is 0 Å². The lowest BCUT2D eigenvalue weighted by atomic mass is 10.1. The van der Waals surface area contributed by atoms with Crippen molar-refractivity contribution in [3.63, 3.8) is 0 Å². The van der Waals surface area contributed by atoms with Crippen LogP contribution in [-0.2, 0) is 0 Å². The fourth-order valence-electron chi connectivity index (χ4n) is 1.90. The Balaban J connectivity index is 2.28. The summed E-state index contributed by atoms with van der Waals surface area (Å²) in [7, 11) is 5.71. The van der Waals surface area contributed by atoms with Crippen LogP contribution in [0.1, 0.15) is 19.3 Å². The molecule has 6 nitrogen and oxygen atoms in total. The lowest BCUT2D eigenvalue weighted by Crippen LogP contribution is -2.32. The molecule has 1 fully saturated rings. The van der Waals surface area contributed by atoms with Gasteiger partial charge in [0.05, 0.1) is 0 Å². The molecular weight excluding hydrogens is 216 g/mol. The van der Waals surface area contributed by atoms with Crippen LogP contribution < -0.4 is 15.1 Å². The predicted octanol–water partition coefficient (Wildman–Crippen LogP) is 0.970. The SMILES string of the molecule is CNc1nc(N(C)C)nc(N2CCCCC2)n1. The number of hydrogen-bond acceptors (Lipinski definition) is 6. The molecule has 17 heavy (non-hydrogen) atoms. The monoisotopic (exact) mass is 236 g/mol. The van der Waals surface area contributed by atoms with Crippen molar-refractivity contribution in [3.8, 4) is 0 Å². The van der Waals surface area contributed by atoms with Gasteiger partial charge < -0.3 is 15.1 Å². The van der Waals surface area contributed by atoms with Crippen LogP contribution in [-0.4, -0.2) is 49.2 Å². The Morgan fingerprint density at radius 1 is 1.06 bits per heavy atom. The summed E-state index contributed by atoms with van der Waals surface area (Å²) in [5, 5.41) is 2.99. The highest BCUT2D eigenvalue weighted by Crippen LogP contribution is 2.18. The van der Waals surface area contributed by atoms with E-state index in [1.165, 1.54) is 19.3 Å². The quantitative estimate of drug-likeness (QED) is 0.844. The van der Waals surface area contributed by atoms with Gasteiger partial charge in [-0.1, -0.05) is 0 Å². The number of aromatic nitrogens is 3. The van der Waals surface area contributed by atoms with Crippen molar-refractivity contribution in [2.45, 2.75) is 19.3 Å². The average Bonchev–Trinajstić information content (AvgIpc) is 2.39. The van der Waals surface area contributed by atoms with Crippen molar-refractivity contribution >= 4 is 17.8 Å². The minimum absolute atomic E-state index is 0.629. The van der Waals surface area contributed by atoms with Gasteiger partial charge in [0.25, 0.3) is 0 Å². The van der Waals surface area contributed by atoms with E-state index in [-0.39, 0.29) is 0 Å². The Labute approximate surface area is 102 Å². The van der Waals surface area contributed by atoms with Crippen molar-refractivity contribution in [3.05, 3.63) is 0 Å². The summed E-state index contributed by atoms with van der Waals surface area (Å²) in [6, 6.07) is 0. The molecule has 0 amide bonds. The maximum absolute atomic E-state index is 4.49. The van der Waals surface area contributed by atoms with Crippen LogP contribution in [0.5, 0.6) is 0 Å². The van der Waals surface area contributed by atoms with Gasteiger partial charge >= 0.3 is 0 Å². The molecule has 1 saturated heterocycles. The number of nitrogens with zero attached hydrogens (tertiary/aromatic N) is 5. The summed E-state index contributed by atoms with van der Waals surface area (Å²) in [5.74, 6) is 2.11. The molecule has 1 aromatic heterocycles. The van der Waals surface area contributed by atoms with Gasteiger partial charge in [0, 0.05) is 34.2 Å². The molecule has 1 aliphatic heterocycles. The second kappa shape index (κ2) is 5.16. The summed E-state index contributed by atoms with van der Waals surface area (Å²) in [5.41, 5.74) is 0. The molecule has 0 radical (unpaired) electrons. The second-order valence-corrected chi connectivity index (χ2v) is 4.45. The van der Waals surface area contributed by atoms with Crippen LogP contribution in [0.25, 0.3) is 0 Å². The Morgan fingerprint density at radius 3 is 2.35 bits per heavy atom. The van der Waals surface area contributed by atoms with Crippen LogP contribution in [0, 0.1) is 0 Å². The third kappa shape index (κ3) is 2.75. The summed E-state index contributed by atoms with van der Waals surface area (Å²) in [4.78, 5) is 17.4. The normalized spacial score (nSPS) is 15.8. The van der Waals surface area contributed by atoms with E-state index in [0.29, 0.717) is 11.9 Å².